The summed E-state index contributed by atoms with van der Waals surface area (Å²) in [6.45, 7) is 3.68. The molecule has 1 N–H and O–H groups in total. The van der Waals surface area contributed by atoms with Crippen molar-refractivity contribution in [2.45, 2.75) is 38.8 Å². The lowest BCUT2D eigenvalue weighted by atomic mass is 9.51. The number of phenols is 1. The normalized spacial score (nSPS) is 29.6. The van der Waals surface area contributed by atoms with E-state index >= 15 is 0 Å². The summed E-state index contributed by atoms with van der Waals surface area (Å²) in [4.78, 5) is 52.1. The second kappa shape index (κ2) is 6.29. The van der Waals surface area contributed by atoms with Crippen LogP contribution in [0.5, 0.6) is 5.75 Å². The Balaban J connectivity index is 1.79. The maximum atomic E-state index is 13.4. The molecule has 0 unspecified atom stereocenters. The molecule has 1 aromatic heterocycles. The van der Waals surface area contributed by atoms with Crippen LogP contribution in [0.25, 0.3) is 0 Å². The predicted molar refractivity (Wildman–Crippen MR) is 112 cm³/mol. The molecule has 31 heavy (non-hydrogen) atoms. The number of ketones is 2. The minimum absolute atomic E-state index is 0.102. The van der Waals surface area contributed by atoms with Gasteiger partial charge in [0.2, 0.25) is 0 Å². The van der Waals surface area contributed by atoms with Crippen LogP contribution in [0.2, 0.25) is 0 Å². The number of hydrogen-bond donors (Lipinski definition) is 1. The lowest BCUT2D eigenvalue weighted by molar-refractivity contribution is -0.139. The molecule has 0 spiro atoms. The number of rotatable bonds is 1. The largest absolute Gasteiger partial charge is 0.508 e. The number of fused-ring (bicyclic) bond motifs is 4. The fourth-order valence-electron chi connectivity index (χ4n) is 5.70. The Bertz CT molecular complexity index is 1320. The third-order valence-corrected chi connectivity index (χ3v) is 7.36. The van der Waals surface area contributed by atoms with Gasteiger partial charge in [-0.25, -0.2) is 23.5 Å². The number of allylic oxidation sites excluding steroid dienone is 4. The van der Waals surface area contributed by atoms with Crippen molar-refractivity contribution in [2.24, 2.45) is 18.4 Å². The molecule has 8 nitrogen and oxygen atoms in total. The molecule has 0 amide bonds. The van der Waals surface area contributed by atoms with Gasteiger partial charge in [0.1, 0.15) is 5.75 Å². The van der Waals surface area contributed by atoms with Gasteiger partial charge in [0.25, 0.3) is 0 Å². The molecule has 1 aromatic carbocycles. The molecule has 2 aliphatic carbocycles. The number of phenolic OH excluding ortho intramolecular Hbond substituents is 1. The summed E-state index contributed by atoms with van der Waals surface area (Å²) in [6.07, 6.45) is 3.62. The van der Waals surface area contributed by atoms with Crippen LogP contribution in [0.4, 0.5) is 0 Å². The quantitative estimate of drug-likeness (QED) is 0.702. The fourth-order valence-corrected chi connectivity index (χ4v) is 5.70. The first-order chi connectivity index (χ1) is 14.7. The van der Waals surface area contributed by atoms with E-state index in [1.807, 2.05) is 13.0 Å². The van der Waals surface area contributed by atoms with Crippen molar-refractivity contribution in [1.29, 1.82) is 0 Å². The zero-order valence-corrected chi connectivity index (χ0v) is 17.5. The Morgan fingerprint density at radius 2 is 1.74 bits per heavy atom. The van der Waals surface area contributed by atoms with Crippen LogP contribution in [-0.4, -0.2) is 30.6 Å². The molecule has 2 aromatic rings. The van der Waals surface area contributed by atoms with Gasteiger partial charge in [0.05, 0.1) is 18.0 Å². The van der Waals surface area contributed by atoms with Crippen molar-refractivity contribution in [3.63, 3.8) is 0 Å². The standard InChI is InChI=1S/C23H23N3O5/c1-12-10-18(28)23(2)16(20(12)29)11-17-15(19(23)13-4-6-14(27)7-5-13)8-9-25-21(30)24(3)22(31)26(17)25/h4-8,10,16-17,19,27H,9,11H2,1-3H3/t16-,17+,19-,23-/m0/s1. The van der Waals surface area contributed by atoms with E-state index in [1.54, 1.807) is 31.2 Å². The smallest absolute Gasteiger partial charge is 0.347 e. The highest BCUT2D eigenvalue weighted by molar-refractivity contribution is 6.13. The molecule has 5 rings (SSSR count). The highest BCUT2D eigenvalue weighted by atomic mass is 16.3. The Morgan fingerprint density at radius 1 is 1.06 bits per heavy atom. The molecular weight excluding hydrogens is 398 g/mol. The molecule has 2 heterocycles. The molecule has 1 aliphatic heterocycles. The van der Waals surface area contributed by atoms with Gasteiger partial charge in [-0.05, 0) is 48.3 Å². The number of aromatic nitrogens is 3. The van der Waals surface area contributed by atoms with Gasteiger partial charge < -0.3 is 5.11 Å². The average molecular weight is 421 g/mol. The Morgan fingerprint density at radius 3 is 2.42 bits per heavy atom. The monoisotopic (exact) mass is 421 g/mol. The lowest BCUT2D eigenvalue weighted by Gasteiger charge is -2.52. The number of carbonyl (C=O) groups is 2. The number of Topliss-reactive ketones (excluding diaryl/α,β-unsaturated/α-hetero) is 1. The predicted octanol–water partition coefficient (Wildman–Crippen LogP) is 1.44. The lowest BCUT2D eigenvalue weighted by Crippen LogP contribution is -2.54. The third-order valence-electron chi connectivity index (χ3n) is 7.36. The van der Waals surface area contributed by atoms with E-state index in [4.69, 9.17) is 0 Å². The average Bonchev–Trinajstić information content (AvgIpc) is 2.96. The summed E-state index contributed by atoms with van der Waals surface area (Å²) in [5.41, 5.74) is 0.198. The minimum Gasteiger partial charge on any atom is -0.508 e. The highest BCUT2D eigenvalue weighted by Crippen LogP contribution is 2.59. The van der Waals surface area contributed by atoms with Crippen LogP contribution in [0.1, 0.15) is 37.8 Å². The van der Waals surface area contributed by atoms with E-state index in [0.717, 1.165) is 15.7 Å². The zero-order valence-electron chi connectivity index (χ0n) is 17.5. The fraction of sp³-hybridized carbons (Fsp3) is 0.391. The first kappa shape index (κ1) is 19.5. The van der Waals surface area contributed by atoms with Crippen LogP contribution in [0.3, 0.4) is 0 Å². The first-order valence-electron chi connectivity index (χ1n) is 10.3. The van der Waals surface area contributed by atoms with Crippen molar-refractivity contribution in [3.05, 3.63) is 74.1 Å². The van der Waals surface area contributed by atoms with Crippen LogP contribution in [0, 0.1) is 11.3 Å². The number of aromatic hydroxyl groups is 1. The van der Waals surface area contributed by atoms with Crippen molar-refractivity contribution in [1.82, 2.24) is 13.9 Å². The number of carbonyl (C=O) groups excluding carboxylic acids is 2. The van der Waals surface area contributed by atoms with Gasteiger partial charge in [-0.15, -0.1) is 0 Å². The summed E-state index contributed by atoms with van der Waals surface area (Å²) in [5, 5.41) is 9.78. The van der Waals surface area contributed by atoms with Crippen molar-refractivity contribution in [2.75, 3.05) is 0 Å². The third kappa shape index (κ3) is 2.41. The van der Waals surface area contributed by atoms with Gasteiger partial charge in [0, 0.05) is 18.9 Å². The first-order valence-corrected chi connectivity index (χ1v) is 10.3. The van der Waals surface area contributed by atoms with Crippen LogP contribution in [-0.2, 0) is 23.2 Å². The van der Waals surface area contributed by atoms with Gasteiger partial charge in [0.15, 0.2) is 11.6 Å². The topological polar surface area (TPSA) is 103 Å². The van der Waals surface area contributed by atoms with Crippen molar-refractivity contribution in [3.8, 4) is 5.75 Å². The van der Waals surface area contributed by atoms with E-state index in [2.05, 4.69) is 0 Å². The number of benzene rings is 1. The molecule has 1 saturated carbocycles. The maximum Gasteiger partial charge on any atom is 0.347 e. The van der Waals surface area contributed by atoms with E-state index < -0.39 is 34.7 Å². The van der Waals surface area contributed by atoms with E-state index in [0.29, 0.717) is 5.57 Å². The Kier molecular flexibility index (Phi) is 3.96. The zero-order chi connectivity index (χ0) is 22.2. The van der Waals surface area contributed by atoms with Crippen LogP contribution in [0.15, 0.2) is 57.2 Å². The summed E-state index contributed by atoms with van der Waals surface area (Å²) < 4.78 is 3.90. The van der Waals surface area contributed by atoms with Crippen molar-refractivity contribution < 1.29 is 14.7 Å². The summed E-state index contributed by atoms with van der Waals surface area (Å²) in [5.74, 6) is -1.21. The molecule has 3 aliphatic rings. The summed E-state index contributed by atoms with van der Waals surface area (Å²) in [7, 11) is 1.44. The van der Waals surface area contributed by atoms with E-state index in [1.165, 1.54) is 22.5 Å². The van der Waals surface area contributed by atoms with E-state index in [-0.39, 0.29) is 30.3 Å². The van der Waals surface area contributed by atoms with Gasteiger partial charge in [-0.1, -0.05) is 25.1 Å². The molecule has 8 heteroatoms. The van der Waals surface area contributed by atoms with Gasteiger partial charge in [-0.2, -0.15) is 0 Å². The van der Waals surface area contributed by atoms with Crippen LogP contribution < -0.4 is 11.4 Å². The minimum atomic E-state index is -1.02. The number of hydrogen-bond acceptors (Lipinski definition) is 5. The molecule has 4 atom stereocenters. The molecular formula is C23H23N3O5. The maximum absolute atomic E-state index is 13.4. The molecule has 1 fully saturated rings. The Labute approximate surface area is 177 Å². The number of nitrogens with zero attached hydrogens (tertiary/aromatic N) is 3. The summed E-state index contributed by atoms with van der Waals surface area (Å²) >= 11 is 0. The van der Waals surface area contributed by atoms with Crippen LogP contribution >= 0.6 is 0 Å². The Hall–Kier alpha value is -3.42. The summed E-state index contributed by atoms with van der Waals surface area (Å²) in [6, 6.07) is 6.12. The molecule has 0 radical (unpaired) electrons. The van der Waals surface area contributed by atoms with Crippen molar-refractivity contribution >= 4 is 11.6 Å². The molecule has 160 valence electrons. The SMILES string of the molecule is CC1=CC(=O)[C@@]2(C)[C@@H](c3ccc(O)cc3)C3=CCn4c(=O)n(C)c(=O)n4[C@@H]3C[C@H]2C1=O. The second-order valence-corrected chi connectivity index (χ2v) is 8.92. The van der Waals surface area contributed by atoms with E-state index in [9.17, 15) is 24.3 Å². The van der Waals surface area contributed by atoms with Gasteiger partial charge in [-0.3, -0.25) is 9.59 Å². The second-order valence-electron chi connectivity index (χ2n) is 8.92. The molecule has 0 bridgehead atoms. The van der Waals surface area contributed by atoms with Gasteiger partial charge >= 0.3 is 11.4 Å². The highest BCUT2D eigenvalue weighted by Gasteiger charge is 2.59. The molecule has 0 saturated heterocycles.